The van der Waals surface area contributed by atoms with Gasteiger partial charge in [0.2, 0.25) is 21.7 Å². The van der Waals surface area contributed by atoms with E-state index < -0.39 is 16.6 Å². The lowest BCUT2D eigenvalue weighted by molar-refractivity contribution is 0.0826. The lowest BCUT2D eigenvalue weighted by Gasteiger charge is -2.34. The second-order valence-corrected chi connectivity index (χ2v) is 35.3. The summed E-state index contributed by atoms with van der Waals surface area (Å²) in [7, 11) is 0. The molecule has 4 aromatic heterocycles. The van der Waals surface area contributed by atoms with Crippen molar-refractivity contribution in [1.29, 1.82) is 0 Å². The van der Waals surface area contributed by atoms with E-state index in [4.69, 9.17) is 36.6 Å². The molecule has 0 amide bonds. The quantitative estimate of drug-likeness (QED) is 0.0357. The number of ether oxygens (including phenoxy) is 4. The van der Waals surface area contributed by atoms with Crippen molar-refractivity contribution in [2.45, 2.75) is 205 Å². The standard InChI is InChI=1S/C25H28O6.C25H24O6.C25H28O5.C25H24O5.CH4.H2/c2*1-13(2)5-7-15-21(28)20-22(29)17(14-6-8-18(26)19(27)11-14)12-30-24(20)16-9-10-25(3,4)31-23(15)16;2*1-14(2)5-10-17-21(27)20-22(28)19(15-6-8-16(26)9-7-15)13-29-24(20)18-11-12-25(3,4)30-23(17)18;;/h6,8,11-13,26-28H,5,7,9-10H2,1-4H3;5-6,8-12,26-28H,7H2,1-4H3;6-9,13-14,26-27H,5,10-12H2,1-4H3;5-9,11-13,26-27H,10H2,1-4H3;1H4;1H. The number of phenolic OH excluding ortho intramolecular Hbond substituents is 10. The minimum atomic E-state index is -0.573. The van der Waals surface area contributed by atoms with Crippen LogP contribution in [0.2, 0.25) is 0 Å². The molecule has 8 heterocycles. The van der Waals surface area contributed by atoms with E-state index in [2.05, 4.69) is 27.7 Å². The second-order valence-electron chi connectivity index (χ2n) is 35.3. The van der Waals surface area contributed by atoms with Crippen molar-refractivity contribution in [2.75, 3.05) is 0 Å². The summed E-state index contributed by atoms with van der Waals surface area (Å²) < 4.78 is 48.4. The topological polar surface area (TPSA) is 360 Å². The van der Waals surface area contributed by atoms with Gasteiger partial charge in [0.05, 0.1) is 33.4 Å². The van der Waals surface area contributed by atoms with E-state index in [1.54, 1.807) is 24.3 Å². The van der Waals surface area contributed by atoms with Gasteiger partial charge in [0.15, 0.2) is 34.2 Å². The van der Waals surface area contributed by atoms with E-state index in [-0.39, 0.29) is 132 Å². The summed E-state index contributed by atoms with van der Waals surface area (Å²) in [5.41, 5.74) is 8.48. The van der Waals surface area contributed by atoms with Gasteiger partial charge in [-0.1, -0.05) is 94.8 Å². The van der Waals surface area contributed by atoms with Crippen molar-refractivity contribution in [3.05, 3.63) is 231 Å². The molecule has 4 aliphatic heterocycles. The summed E-state index contributed by atoms with van der Waals surface area (Å²) in [6.07, 6.45) is 23.6. The molecule has 0 saturated heterocycles. The molecule has 0 atom stereocenters. The summed E-state index contributed by atoms with van der Waals surface area (Å²) in [6.45, 7) is 32.1. The Bertz CT molecular complexity index is 6530. The minimum Gasteiger partial charge on any atom is -0.508 e. The van der Waals surface area contributed by atoms with Gasteiger partial charge in [-0.3, -0.25) is 19.2 Å². The largest absolute Gasteiger partial charge is 0.508 e. The van der Waals surface area contributed by atoms with Crippen LogP contribution in [0.15, 0.2) is 182 Å². The molecule has 0 unspecified atom stereocenters. The van der Waals surface area contributed by atoms with Crippen molar-refractivity contribution in [2.24, 2.45) is 11.8 Å². The maximum atomic E-state index is 13.4. The van der Waals surface area contributed by atoms with Crippen LogP contribution in [0.4, 0.5) is 0 Å². The molecule has 0 bridgehead atoms. The maximum Gasteiger partial charge on any atom is 0.204 e. The predicted octanol–water partition coefficient (Wildman–Crippen LogP) is 22.5. The Labute approximate surface area is 714 Å². The van der Waals surface area contributed by atoms with Crippen molar-refractivity contribution in [3.8, 4) is 125 Å². The average Bonchev–Trinajstić information content (AvgIpc) is 0.748. The summed E-state index contributed by atoms with van der Waals surface area (Å²) in [5, 5.41) is 103. The van der Waals surface area contributed by atoms with Crippen LogP contribution in [0.3, 0.4) is 0 Å². The number of hydrogen-bond acceptors (Lipinski definition) is 22. The highest BCUT2D eigenvalue weighted by molar-refractivity contribution is 6.00. The smallest absolute Gasteiger partial charge is 0.204 e. The van der Waals surface area contributed by atoms with Crippen molar-refractivity contribution in [3.63, 3.8) is 0 Å². The van der Waals surface area contributed by atoms with Crippen molar-refractivity contribution >= 4 is 56.0 Å². The minimum absolute atomic E-state index is 0. The molecule has 0 radical (unpaired) electrons. The first kappa shape index (κ1) is 89.0. The zero-order valence-electron chi connectivity index (χ0n) is 71.5. The summed E-state index contributed by atoms with van der Waals surface area (Å²) in [6, 6.07) is 20.9. The number of hydrogen-bond donors (Lipinski definition) is 10. The van der Waals surface area contributed by atoms with Gasteiger partial charge >= 0.3 is 0 Å². The van der Waals surface area contributed by atoms with Crippen LogP contribution in [-0.2, 0) is 38.5 Å². The van der Waals surface area contributed by atoms with E-state index in [1.165, 1.54) is 85.7 Å². The Morgan fingerprint density at radius 1 is 0.390 bits per heavy atom. The fourth-order valence-corrected chi connectivity index (χ4v) is 15.4. The van der Waals surface area contributed by atoms with E-state index in [0.717, 1.165) is 54.4 Å². The molecule has 22 heteroatoms. The first-order valence-corrected chi connectivity index (χ1v) is 40.9. The molecular formula is C101H110O22. The highest BCUT2D eigenvalue weighted by atomic mass is 16.5. The van der Waals surface area contributed by atoms with Crippen LogP contribution >= 0.6 is 0 Å². The van der Waals surface area contributed by atoms with Crippen molar-refractivity contribution < 1.29 is 89.1 Å². The zero-order chi connectivity index (χ0) is 88.3. The van der Waals surface area contributed by atoms with Gasteiger partial charge in [-0.2, -0.15) is 0 Å². The number of allylic oxidation sites excluding steroid dienone is 4. The van der Waals surface area contributed by atoms with Gasteiger partial charge in [0.1, 0.15) is 138 Å². The van der Waals surface area contributed by atoms with E-state index in [0.29, 0.717) is 150 Å². The third kappa shape index (κ3) is 18.2. The molecule has 0 fully saturated rings. The molecule has 4 aliphatic rings. The monoisotopic (exact) mass is 1670 g/mol. The van der Waals surface area contributed by atoms with Crippen LogP contribution < -0.4 is 40.7 Å². The lowest BCUT2D eigenvalue weighted by Crippen LogP contribution is -2.33. The summed E-state index contributed by atoms with van der Waals surface area (Å²) >= 11 is 0. The van der Waals surface area contributed by atoms with Crippen LogP contribution in [0.25, 0.3) is 101 Å². The van der Waals surface area contributed by atoms with Gasteiger partial charge in [-0.15, -0.1) is 0 Å². The molecule has 0 saturated carbocycles. The van der Waals surface area contributed by atoms with E-state index in [9.17, 15) is 70.2 Å². The third-order valence-corrected chi connectivity index (χ3v) is 22.3. The van der Waals surface area contributed by atoms with Crippen LogP contribution in [-0.4, -0.2) is 73.5 Å². The van der Waals surface area contributed by atoms with Crippen molar-refractivity contribution in [1.82, 2.24) is 0 Å². The lowest BCUT2D eigenvalue weighted by atomic mass is 9.88. The molecule has 646 valence electrons. The van der Waals surface area contributed by atoms with Gasteiger partial charge in [-0.05, 0) is 254 Å². The number of aromatic hydroxyl groups is 10. The first-order chi connectivity index (χ1) is 57.5. The molecule has 10 N–H and O–H groups in total. The fraction of sp³-hybridized carbons (Fsp3) is 0.327. The molecule has 0 aliphatic carbocycles. The number of benzene rings is 8. The number of fused-ring (bicyclic) bond motifs is 12. The Balaban J connectivity index is 0.000000160. The Morgan fingerprint density at radius 3 is 1.01 bits per heavy atom. The second kappa shape index (κ2) is 34.7. The summed E-state index contributed by atoms with van der Waals surface area (Å²) in [4.78, 5) is 53.6. The highest BCUT2D eigenvalue weighted by Crippen LogP contribution is 2.51. The third-order valence-electron chi connectivity index (χ3n) is 22.3. The molecule has 8 aromatic carbocycles. The summed E-state index contributed by atoms with van der Waals surface area (Å²) in [5.74, 6) is 1.70. The number of rotatable bonds is 14. The molecule has 12 aromatic rings. The molecule has 16 rings (SSSR count). The Kier molecular flexibility index (Phi) is 25.1. The molecular weight excluding hydrogens is 1570 g/mol. The predicted molar refractivity (Wildman–Crippen MR) is 483 cm³/mol. The maximum absolute atomic E-state index is 13.4. The Hall–Kier alpha value is -13.2. The molecule has 123 heavy (non-hydrogen) atoms. The van der Waals surface area contributed by atoms with Crippen LogP contribution in [0, 0.1) is 11.8 Å². The number of phenols is 10. The van der Waals surface area contributed by atoms with Gasteiger partial charge < -0.3 is 87.7 Å². The molecule has 22 nitrogen and oxygen atoms in total. The van der Waals surface area contributed by atoms with E-state index >= 15 is 0 Å². The van der Waals surface area contributed by atoms with Crippen LogP contribution in [0.1, 0.15) is 190 Å². The first-order valence-electron chi connectivity index (χ1n) is 40.9. The Morgan fingerprint density at radius 2 is 0.691 bits per heavy atom. The average molecular weight is 1680 g/mol. The zero-order valence-corrected chi connectivity index (χ0v) is 71.5. The number of aryl methyl sites for hydroxylation is 2. The molecule has 0 spiro atoms. The highest BCUT2D eigenvalue weighted by Gasteiger charge is 2.38. The fourth-order valence-electron chi connectivity index (χ4n) is 15.4. The van der Waals surface area contributed by atoms with Gasteiger partial charge in [-0.25, -0.2) is 0 Å². The SMILES string of the molecule is C.CC(C)=CCc1c2c(c3occ(-c4ccc(O)c(O)c4)c(=O)c3c1O)C=CC(C)(C)O2.CC(C)=CCc1c2c(c3occ(-c4ccc(O)cc4)c(=O)c3c1O)C=CC(C)(C)O2.CC(C)CCc1c2c(c3occ(-c4ccc(O)c(O)c4)c(=O)c3c1O)CCC(C)(C)O2.CC(C)CCc1c2c(c3occ(-c4ccc(O)cc4)c(=O)c3c1O)CCC(C)(C)O2.[HH]. The van der Waals surface area contributed by atoms with Gasteiger partial charge in [0, 0.05) is 34.8 Å². The van der Waals surface area contributed by atoms with E-state index in [1.807, 2.05) is 120 Å². The van der Waals surface area contributed by atoms with Gasteiger partial charge in [0.25, 0.3) is 0 Å². The normalized spacial score (nSPS) is 14.6. The van der Waals surface area contributed by atoms with Crippen LogP contribution in [0.5, 0.6) is 80.5 Å².